The predicted molar refractivity (Wildman–Crippen MR) is 76.0 cm³/mol. The quantitative estimate of drug-likeness (QED) is 0.679. The van der Waals surface area contributed by atoms with E-state index < -0.39 is 0 Å². The summed E-state index contributed by atoms with van der Waals surface area (Å²) in [6, 6.07) is 19.6. The Morgan fingerprint density at radius 1 is 0.889 bits per heavy atom. The van der Waals surface area contributed by atoms with Crippen LogP contribution < -0.4 is 4.74 Å². The van der Waals surface area contributed by atoms with Crippen LogP contribution in [0.25, 0.3) is 10.9 Å². The number of benzene rings is 2. The first-order valence-electron chi connectivity index (χ1n) is 5.60. The van der Waals surface area contributed by atoms with Crippen LogP contribution in [0, 0.1) is 0 Å². The second-order valence-electron chi connectivity index (χ2n) is 3.90. The third kappa shape index (κ3) is 2.36. The van der Waals surface area contributed by atoms with Crippen LogP contribution in [0.5, 0.6) is 11.6 Å². The Bertz CT molecular complexity index is 697. The largest absolute Gasteiger partial charge is 0.439 e. The summed E-state index contributed by atoms with van der Waals surface area (Å²) in [4.78, 5) is 4.46. The maximum Gasteiger partial charge on any atom is 0.219 e. The van der Waals surface area contributed by atoms with E-state index >= 15 is 0 Å². The molecule has 3 rings (SSSR count). The number of ether oxygens (including phenoxy) is 1. The molecule has 0 spiro atoms. The molecule has 0 fully saturated rings. The van der Waals surface area contributed by atoms with Gasteiger partial charge >= 0.3 is 0 Å². The summed E-state index contributed by atoms with van der Waals surface area (Å²) in [5, 5.41) is 1.11. The average Bonchev–Trinajstić information content (AvgIpc) is 2.39. The molecule has 1 aromatic heterocycles. The third-order valence-electron chi connectivity index (χ3n) is 2.59. The fourth-order valence-electron chi connectivity index (χ4n) is 1.76. The molecule has 3 aromatic rings. The van der Waals surface area contributed by atoms with Crippen molar-refractivity contribution in [1.29, 1.82) is 0 Å². The van der Waals surface area contributed by atoms with Gasteiger partial charge in [-0.15, -0.1) is 0 Å². The fourth-order valence-corrected chi connectivity index (χ4v) is 2.13. The minimum Gasteiger partial charge on any atom is -0.439 e. The number of hydrogen-bond acceptors (Lipinski definition) is 2. The summed E-state index contributed by atoms with van der Waals surface area (Å²) in [6.07, 6.45) is 0. The number of para-hydroxylation sites is 1. The van der Waals surface area contributed by atoms with Crippen molar-refractivity contribution in [3.8, 4) is 11.6 Å². The van der Waals surface area contributed by atoms with Crippen LogP contribution in [-0.2, 0) is 0 Å². The predicted octanol–water partition coefficient (Wildman–Crippen LogP) is 4.79. The lowest BCUT2D eigenvalue weighted by Gasteiger charge is -2.05. The van der Waals surface area contributed by atoms with Crippen molar-refractivity contribution in [1.82, 2.24) is 4.98 Å². The van der Waals surface area contributed by atoms with Gasteiger partial charge in [0, 0.05) is 15.9 Å². The molecule has 0 amide bonds. The molecule has 2 nitrogen and oxygen atoms in total. The number of rotatable bonds is 2. The van der Waals surface area contributed by atoms with Crippen molar-refractivity contribution < 1.29 is 4.74 Å². The van der Waals surface area contributed by atoms with Crippen LogP contribution in [0.15, 0.2) is 65.1 Å². The van der Waals surface area contributed by atoms with E-state index in [9.17, 15) is 0 Å². The average molecular weight is 300 g/mol. The van der Waals surface area contributed by atoms with Crippen LogP contribution in [0.4, 0.5) is 0 Å². The van der Waals surface area contributed by atoms with Crippen molar-refractivity contribution >= 4 is 26.8 Å². The fraction of sp³-hybridized carbons (Fsp3) is 0. The van der Waals surface area contributed by atoms with Crippen LogP contribution in [0.2, 0.25) is 0 Å². The van der Waals surface area contributed by atoms with Gasteiger partial charge < -0.3 is 4.74 Å². The lowest BCUT2D eigenvalue weighted by molar-refractivity contribution is 0.465. The lowest BCUT2D eigenvalue weighted by Crippen LogP contribution is -1.88. The van der Waals surface area contributed by atoms with Gasteiger partial charge in [0.25, 0.3) is 0 Å². The van der Waals surface area contributed by atoms with Crippen LogP contribution in [0.1, 0.15) is 0 Å². The Labute approximate surface area is 113 Å². The number of hydrogen-bond donors (Lipinski definition) is 0. The molecule has 0 unspecified atom stereocenters. The number of fused-ring (bicyclic) bond motifs is 1. The minimum absolute atomic E-state index is 0.604. The first kappa shape index (κ1) is 11.2. The van der Waals surface area contributed by atoms with Gasteiger partial charge in [-0.05, 0) is 30.3 Å². The molecule has 2 aromatic carbocycles. The summed E-state index contributed by atoms with van der Waals surface area (Å²) in [5.74, 6) is 1.37. The van der Waals surface area contributed by atoms with Gasteiger partial charge in [-0.2, -0.15) is 0 Å². The van der Waals surface area contributed by atoms with Crippen LogP contribution >= 0.6 is 15.9 Å². The number of aromatic nitrogens is 1. The van der Waals surface area contributed by atoms with Gasteiger partial charge in [0.05, 0.1) is 5.52 Å². The molecular formula is C15H10BrNO. The van der Waals surface area contributed by atoms with E-state index in [0.29, 0.717) is 5.88 Å². The van der Waals surface area contributed by atoms with Crippen LogP contribution in [0.3, 0.4) is 0 Å². The third-order valence-corrected chi connectivity index (χ3v) is 3.08. The van der Waals surface area contributed by atoms with Gasteiger partial charge in [0.2, 0.25) is 5.88 Å². The molecule has 0 radical (unpaired) electrons. The first-order chi connectivity index (χ1) is 8.81. The molecule has 0 saturated heterocycles. The molecule has 0 aliphatic carbocycles. The van der Waals surface area contributed by atoms with Gasteiger partial charge in [-0.1, -0.05) is 40.2 Å². The van der Waals surface area contributed by atoms with Gasteiger partial charge in [0.15, 0.2) is 0 Å². The Kier molecular flexibility index (Phi) is 2.99. The maximum atomic E-state index is 5.73. The zero-order chi connectivity index (χ0) is 12.4. The van der Waals surface area contributed by atoms with E-state index in [-0.39, 0.29) is 0 Å². The van der Waals surface area contributed by atoms with E-state index in [0.717, 1.165) is 21.1 Å². The molecule has 88 valence electrons. The van der Waals surface area contributed by atoms with Crippen molar-refractivity contribution in [3.05, 3.63) is 65.1 Å². The molecule has 3 heteroatoms. The molecule has 0 N–H and O–H groups in total. The molecule has 18 heavy (non-hydrogen) atoms. The lowest BCUT2D eigenvalue weighted by atomic mass is 10.2. The molecule has 0 aliphatic rings. The molecule has 0 saturated carbocycles. The highest BCUT2D eigenvalue weighted by molar-refractivity contribution is 9.10. The highest BCUT2D eigenvalue weighted by Gasteiger charge is 2.01. The van der Waals surface area contributed by atoms with Crippen LogP contribution in [-0.4, -0.2) is 4.98 Å². The smallest absolute Gasteiger partial charge is 0.219 e. The summed E-state index contributed by atoms with van der Waals surface area (Å²) in [7, 11) is 0. The number of nitrogens with zero attached hydrogens (tertiary/aromatic N) is 1. The summed E-state index contributed by atoms with van der Waals surface area (Å²) in [6.45, 7) is 0. The molecule has 0 bridgehead atoms. The highest BCUT2D eigenvalue weighted by Crippen LogP contribution is 2.24. The van der Waals surface area contributed by atoms with Crippen molar-refractivity contribution in [2.24, 2.45) is 0 Å². The van der Waals surface area contributed by atoms with E-state index in [1.165, 1.54) is 0 Å². The van der Waals surface area contributed by atoms with E-state index in [1.54, 1.807) is 0 Å². The van der Waals surface area contributed by atoms with E-state index in [1.807, 2.05) is 60.7 Å². The monoisotopic (exact) mass is 299 g/mol. The minimum atomic E-state index is 0.604. The topological polar surface area (TPSA) is 22.1 Å². The Balaban J connectivity index is 1.95. The zero-order valence-corrected chi connectivity index (χ0v) is 11.1. The maximum absolute atomic E-state index is 5.73. The Morgan fingerprint density at radius 2 is 1.78 bits per heavy atom. The zero-order valence-electron chi connectivity index (χ0n) is 9.51. The Hall–Kier alpha value is -1.87. The molecule has 0 aliphatic heterocycles. The highest BCUT2D eigenvalue weighted by atomic mass is 79.9. The molecule has 1 heterocycles. The molecular weight excluding hydrogens is 290 g/mol. The number of halogens is 1. The van der Waals surface area contributed by atoms with Gasteiger partial charge in [-0.25, -0.2) is 4.98 Å². The summed E-state index contributed by atoms with van der Waals surface area (Å²) >= 11 is 3.41. The van der Waals surface area contributed by atoms with Crippen molar-refractivity contribution in [3.63, 3.8) is 0 Å². The summed E-state index contributed by atoms with van der Waals surface area (Å²) in [5.41, 5.74) is 0.935. The first-order valence-corrected chi connectivity index (χ1v) is 6.40. The SMILES string of the molecule is Brc1cccc(Oc2ccc3ccccc3n2)c1. The Morgan fingerprint density at radius 3 is 2.67 bits per heavy atom. The standard InChI is InChI=1S/C15H10BrNO/c16-12-5-3-6-13(10-12)18-15-9-8-11-4-1-2-7-14(11)17-15/h1-10H. The van der Waals surface area contributed by atoms with E-state index in [2.05, 4.69) is 20.9 Å². The normalized spacial score (nSPS) is 10.5. The second-order valence-corrected chi connectivity index (χ2v) is 4.82. The van der Waals surface area contributed by atoms with Gasteiger partial charge in [-0.3, -0.25) is 0 Å². The number of pyridine rings is 1. The summed E-state index contributed by atoms with van der Waals surface area (Å²) < 4.78 is 6.71. The second kappa shape index (κ2) is 4.78. The van der Waals surface area contributed by atoms with Crippen molar-refractivity contribution in [2.45, 2.75) is 0 Å². The molecule has 0 atom stereocenters. The van der Waals surface area contributed by atoms with Gasteiger partial charge in [0.1, 0.15) is 5.75 Å². The van der Waals surface area contributed by atoms with Crippen molar-refractivity contribution in [2.75, 3.05) is 0 Å². The van der Waals surface area contributed by atoms with E-state index in [4.69, 9.17) is 4.74 Å².